The number of esters is 1. The van der Waals surface area contributed by atoms with E-state index in [2.05, 4.69) is 10.3 Å². The van der Waals surface area contributed by atoms with E-state index in [9.17, 15) is 24.1 Å². The first kappa shape index (κ1) is 23.3. The van der Waals surface area contributed by atoms with Crippen LogP contribution in [-0.4, -0.2) is 41.5 Å². The number of nitro benzene ring substituents is 1. The van der Waals surface area contributed by atoms with Crippen molar-refractivity contribution < 1.29 is 23.6 Å². The van der Waals surface area contributed by atoms with Crippen LogP contribution in [-0.2, 0) is 9.53 Å². The Morgan fingerprint density at radius 2 is 1.88 bits per heavy atom. The van der Waals surface area contributed by atoms with Crippen LogP contribution in [0.5, 0.6) is 0 Å². The first-order valence-electron chi connectivity index (χ1n) is 10.6. The third-order valence-corrected chi connectivity index (χ3v) is 6.09. The summed E-state index contributed by atoms with van der Waals surface area (Å²) in [5.41, 5.74) is 1.56. The summed E-state index contributed by atoms with van der Waals surface area (Å²) in [5, 5.41) is 16.1. The minimum absolute atomic E-state index is 0.00639. The van der Waals surface area contributed by atoms with Gasteiger partial charge in [-0.25, -0.2) is 14.2 Å². The van der Waals surface area contributed by atoms with Crippen molar-refractivity contribution in [2.75, 3.05) is 29.9 Å². The number of carbonyl (C=O) groups is 2. The van der Waals surface area contributed by atoms with Gasteiger partial charge in [0.2, 0.25) is 0 Å². The van der Waals surface area contributed by atoms with Gasteiger partial charge in [-0.15, -0.1) is 11.3 Å². The Bertz CT molecular complexity index is 1210. The van der Waals surface area contributed by atoms with E-state index in [1.54, 1.807) is 23.6 Å². The van der Waals surface area contributed by atoms with Gasteiger partial charge in [-0.3, -0.25) is 20.2 Å². The van der Waals surface area contributed by atoms with E-state index in [1.807, 2.05) is 4.90 Å². The molecular formula is C23H21FN4O5S. The number of amides is 1. The van der Waals surface area contributed by atoms with Crippen molar-refractivity contribution in [3.8, 4) is 11.3 Å². The average Bonchev–Trinajstić information content (AvgIpc) is 3.31. The zero-order valence-corrected chi connectivity index (χ0v) is 18.8. The predicted octanol–water partition coefficient (Wildman–Crippen LogP) is 4.64. The summed E-state index contributed by atoms with van der Waals surface area (Å²) in [4.78, 5) is 41.8. The van der Waals surface area contributed by atoms with E-state index in [4.69, 9.17) is 4.74 Å². The molecule has 0 bridgehead atoms. The standard InChI is InChI=1S/C23H21FN4O5S/c24-17-7-4-15(5-8-17)18-14-34-23(25-18)26-21(29)13-33-22(30)16-6-9-19(20(12-16)28(31)32)27-10-2-1-3-11-27/h4-9,12,14H,1-3,10-11,13H2,(H,25,26,29). The topological polar surface area (TPSA) is 115 Å². The van der Waals surface area contributed by atoms with E-state index in [1.165, 1.54) is 35.6 Å². The fourth-order valence-electron chi connectivity index (χ4n) is 3.65. The second kappa shape index (κ2) is 10.4. The number of piperidine rings is 1. The van der Waals surface area contributed by atoms with Crippen LogP contribution in [0.15, 0.2) is 47.8 Å². The normalized spacial score (nSPS) is 13.4. The number of benzene rings is 2. The van der Waals surface area contributed by atoms with E-state index in [0.717, 1.165) is 32.4 Å². The number of aromatic nitrogens is 1. The quantitative estimate of drug-likeness (QED) is 0.295. The van der Waals surface area contributed by atoms with Crippen LogP contribution >= 0.6 is 11.3 Å². The van der Waals surface area contributed by atoms with Crippen molar-refractivity contribution in [2.45, 2.75) is 19.3 Å². The van der Waals surface area contributed by atoms with Gasteiger partial charge >= 0.3 is 5.97 Å². The monoisotopic (exact) mass is 484 g/mol. The maximum atomic E-state index is 13.1. The van der Waals surface area contributed by atoms with Crippen LogP contribution in [0.4, 0.5) is 20.9 Å². The molecule has 0 spiro atoms. The minimum atomic E-state index is -0.838. The molecule has 11 heteroatoms. The number of hydrogen-bond donors (Lipinski definition) is 1. The SMILES string of the molecule is O=C(COC(=O)c1ccc(N2CCCCC2)c([N+](=O)[O-])c1)Nc1nc(-c2ccc(F)cc2)cs1. The number of nitrogens with zero attached hydrogens (tertiary/aromatic N) is 3. The van der Waals surface area contributed by atoms with Crippen molar-refractivity contribution >= 4 is 39.7 Å². The van der Waals surface area contributed by atoms with E-state index >= 15 is 0 Å². The van der Waals surface area contributed by atoms with Gasteiger partial charge in [-0.2, -0.15) is 0 Å². The number of hydrogen-bond acceptors (Lipinski definition) is 8. The summed E-state index contributed by atoms with van der Waals surface area (Å²) >= 11 is 1.17. The summed E-state index contributed by atoms with van der Waals surface area (Å²) in [6.07, 6.45) is 3.01. The molecule has 2 aromatic carbocycles. The molecule has 1 aliphatic heterocycles. The lowest BCUT2D eigenvalue weighted by molar-refractivity contribution is -0.384. The number of ether oxygens (including phenoxy) is 1. The Labute approximate surface area is 198 Å². The Kier molecular flexibility index (Phi) is 7.12. The molecular weight excluding hydrogens is 463 g/mol. The van der Waals surface area contributed by atoms with Gasteiger partial charge in [0, 0.05) is 30.1 Å². The summed E-state index contributed by atoms with van der Waals surface area (Å²) < 4.78 is 18.1. The Morgan fingerprint density at radius 3 is 2.59 bits per heavy atom. The van der Waals surface area contributed by atoms with Crippen molar-refractivity contribution in [1.29, 1.82) is 0 Å². The van der Waals surface area contributed by atoms with Gasteiger partial charge in [-0.05, 0) is 55.7 Å². The number of carbonyl (C=O) groups excluding carboxylic acids is 2. The molecule has 4 rings (SSSR count). The fourth-order valence-corrected chi connectivity index (χ4v) is 4.39. The number of nitrogens with one attached hydrogen (secondary N) is 1. The zero-order chi connectivity index (χ0) is 24.1. The van der Waals surface area contributed by atoms with Crippen molar-refractivity contribution in [2.24, 2.45) is 0 Å². The Morgan fingerprint density at radius 1 is 1.15 bits per heavy atom. The van der Waals surface area contributed by atoms with Crippen LogP contribution in [0.1, 0.15) is 29.6 Å². The molecule has 0 atom stereocenters. The molecule has 9 nitrogen and oxygen atoms in total. The molecule has 176 valence electrons. The van der Waals surface area contributed by atoms with E-state index in [0.29, 0.717) is 22.1 Å². The maximum Gasteiger partial charge on any atom is 0.338 e. The van der Waals surface area contributed by atoms with Crippen LogP contribution in [0, 0.1) is 15.9 Å². The molecule has 1 N–H and O–H groups in total. The van der Waals surface area contributed by atoms with Gasteiger partial charge in [0.05, 0.1) is 16.2 Å². The second-order valence-corrected chi connectivity index (χ2v) is 8.54. The molecule has 2 heterocycles. The molecule has 1 amide bonds. The molecule has 1 aromatic heterocycles. The molecule has 34 heavy (non-hydrogen) atoms. The summed E-state index contributed by atoms with van der Waals surface area (Å²) in [6, 6.07) is 9.98. The summed E-state index contributed by atoms with van der Waals surface area (Å²) in [6.45, 7) is 0.876. The van der Waals surface area contributed by atoms with Gasteiger partial charge in [0.1, 0.15) is 11.5 Å². The fraction of sp³-hybridized carbons (Fsp3) is 0.261. The van der Waals surface area contributed by atoms with Crippen molar-refractivity contribution in [3.63, 3.8) is 0 Å². The molecule has 0 unspecified atom stereocenters. The molecule has 0 saturated carbocycles. The van der Waals surface area contributed by atoms with Crippen LogP contribution in [0.2, 0.25) is 0 Å². The predicted molar refractivity (Wildman–Crippen MR) is 126 cm³/mol. The van der Waals surface area contributed by atoms with Gasteiger partial charge in [0.15, 0.2) is 11.7 Å². The lowest BCUT2D eigenvalue weighted by atomic mass is 10.1. The van der Waals surface area contributed by atoms with Crippen LogP contribution in [0.3, 0.4) is 0 Å². The average molecular weight is 485 g/mol. The summed E-state index contributed by atoms with van der Waals surface area (Å²) in [5.74, 6) is -1.80. The van der Waals surface area contributed by atoms with Gasteiger partial charge in [0.25, 0.3) is 11.6 Å². The van der Waals surface area contributed by atoms with E-state index < -0.39 is 23.4 Å². The largest absolute Gasteiger partial charge is 0.452 e. The lowest BCUT2D eigenvalue weighted by Crippen LogP contribution is -2.30. The highest BCUT2D eigenvalue weighted by atomic mass is 32.1. The molecule has 1 fully saturated rings. The molecule has 1 aliphatic rings. The maximum absolute atomic E-state index is 13.1. The van der Waals surface area contributed by atoms with Crippen LogP contribution < -0.4 is 10.2 Å². The van der Waals surface area contributed by atoms with Crippen molar-refractivity contribution in [1.82, 2.24) is 4.98 Å². The Hall–Kier alpha value is -3.86. The van der Waals surface area contributed by atoms with Crippen molar-refractivity contribution in [3.05, 3.63) is 69.3 Å². The third-order valence-electron chi connectivity index (χ3n) is 5.33. The minimum Gasteiger partial charge on any atom is -0.452 e. The number of nitro groups is 1. The zero-order valence-electron chi connectivity index (χ0n) is 18.0. The first-order valence-corrected chi connectivity index (χ1v) is 11.5. The van der Waals surface area contributed by atoms with E-state index in [-0.39, 0.29) is 17.1 Å². The molecule has 3 aromatic rings. The van der Waals surface area contributed by atoms with Crippen LogP contribution in [0.25, 0.3) is 11.3 Å². The molecule has 0 radical (unpaired) electrons. The number of halogens is 1. The highest BCUT2D eigenvalue weighted by Gasteiger charge is 2.24. The molecule has 1 saturated heterocycles. The third kappa shape index (κ3) is 5.54. The lowest BCUT2D eigenvalue weighted by Gasteiger charge is -2.28. The second-order valence-electron chi connectivity index (χ2n) is 7.68. The number of thiazole rings is 1. The molecule has 0 aliphatic carbocycles. The number of anilines is 2. The van der Waals surface area contributed by atoms with Gasteiger partial charge in [-0.1, -0.05) is 0 Å². The highest BCUT2D eigenvalue weighted by Crippen LogP contribution is 2.31. The van der Waals surface area contributed by atoms with Gasteiger partial charge < -0.3 is 9.64 Å². The smallest absolute Gasteiger partial charge is 0.338 e. The first-order chi connectivity index (χ1) is 16.4. The highest BCUT2D eigenvalue weighted by molar-refractivity contribution is 7.14. The summed E-state index contributed by atoms with van der Waals surface area (Å²) in [7, 11) is 0. The number of rotatable bonds is 7. The Balaban J connectivity index is 1.36.